The normalized spacial score (nSPS) is 12.2. The van der Waals surface area contributed by atoms with Crippen molar-refractivity contribution in [2.45, 2.75) is 52.3 Å². The second-order valence-electron chi connectivity index (χ2n) is 6.10. The van der Waals surface area contributed by atoms with Crippen LogP contribution in [0.5, 0.6) is 0 Å². The molecule has 2 N–H and O–H groups in total. The quantitative estimate of drug-likeness (QED) is 0.760. The van der Waals surface area contributed by atoms with Crippen LogP contribution in [0.2, 0.25) is 0 Å². The molecular weight excluding hydrogens is 248 g/mol. The lowest BCUT2D eigenvalue weighted by Crippen LogP contribution is -2.20. The van der Waals surface area contributed by atoms with Gasteiger partial charge in [-0.3, -0.25) is 0 Å². The summed E-state index contributed by atoms with van der Waals surface area (Å²) in [7, 11) is 0. The Labute approximate surface area is 121 Å². The summed E-state index contributed by atoms with van der Waals surface area (Å²) in [5.41, 5.74) is 1.99. The summed E-state index contributed by atoms with van der Waals surface area (Å²) in [5.74, 6) is 0. The van der Waals surface area contributed by atoms with Crippen molar-refractivity contribution in [2.24, 2.45) is 0 Å². The average molecular weight is 274 g/mol. The highest BCUT2D eigenvalue weighted by atomic mass is 16.3. The van der Waals surface area contributed by atoms with Crippen LogP contribution in [0.25, 0.3) is 10.9 Å². The van der Waals surface area contributed by atoms with Crippen LogP contribution in [0.15, 0.2) is 30.5 Å². The Bertz CT molecular complexity index is 552. The van der Waals surface area contributed by atoms with Crippen molar-refractivity contribution in [3.63, 3.8) is 0 Å². The summed E-state index contributed by atoms with van der Waals surface area (Å²) >= 11 is 0. The van der Waals surface area contributed by atoms with E-state index in [1.54, 1.807) is 0 Å². The molecule has 0 aliphatic heterocycles. The molecule has 1 aromatic carbocycles. The smallest absolute Gasteiger partial charge is 0.0608 e. The van der Waals surface area contributed by atoms with Crippen molar-refractivity contribution >= 4 is 10.9 Å². The van der Waals surface area contributed by atoms with Gasteiger partial charge in [0, 0.05) is 30.2 Å². The largest absolute Gasteiger partial charge is 0.390 e. The van der Waals surface area contributed by atoms with E-state index in [0.29, 0.717) is 0 Å². The summed E-state index contributed by atoms with van der Waals surface area (Å²) < 4.78 is 2.23. The van der Waals surface area contributed by atoms with Gasteiger partial charge in [-0.25, -0.2) is 0 Å². The van der Waals surface area contributed by atoms with E-state index in [-0.39, 0.29) is 0 Å². The number of hydrogen-bond acceptors (Lipinski definition) is 2. The van der Waals surface area contributed by atoms with Crippen LogP contribution < -0.4 is 5.32 Å². The van der Waals surface area contributed by atoms with Crippen molar-refractivity contribution in [2.75, 3.05) is 6.54 Å². The molecule has 0 bridgehead atoms. The van der Waals surface area contributed by atoms with Gasteiger partial charge in [0.15, 0.2) is 0 Å². The average Bonchev–Trinajstić information content (AvgIpc) is 2.80. The molecule has 0 radical (unpaired) electrons. The molecule has 0 unspecified atom stereocenters. The highest BCUT2D eigenvalue weighted by molar-refractivity contribution is 5.83. The second kappa shape index (κ2) is 6.42. The number of aliphatic hydroxyl groups is 1. The monoisotopic (exact) mass is 274 g/mol. The number of aryl methyl sites for hydroxylation is 1. The molecular formula is C17H26N2O. The van der Waals surface area contributed by atoms with E-state index in [0.717, 1.165) is 32.5 Å². The van der Waals surface area contributed by atoms with Gasteiger partial charge in [0.2, 0.25) is 0 Å². The fraction of sp³-hybridized carbons (Fsp3) is 0.529. The lowest BCUT2D eigenvalue weighted by Gasteiger charge is -2.17. The van der Waals surface area contributed by atoms with Gasteiger partial charge in [-0.15, -0.1) is 0 Å². The minimum Gasteiger partial charge on any atom is -0.390 e. The number of benzene rings is 1. The molecule has 3 nitrogen and oxygen atoms in total. The van der Waals surface area contributed by atoms with Crippen molar-refractivity contribution in [3.05, 3.63) is 36.0 Å². The first-order chi connectivity index (χ1) is 9.51. The van der Waals surface area contributed by atoms with Gasteiger partial charge < -0.3 is 15.0 Å². The highest BCUT2D eigenvalue weighted by Gasteiger charge is 2.13. The molecule has 2 aromatic rings. The van der Waals surface area contributed by atoms with Crippen molar-refractivity contribution in [3.8, 4) is 0 Å². The number of nitrogens with one attached hydrogen (secondary N) is 1. The van der Waals surface area contributed by atoms with Gasteiger partial charge in [-0.1, -0.05) is 19.1 Å². The minimum atomic E-state index is -0.614. The number of rotatable bonds is 7. The fourth-order valence-electron chi connectivity index (χ4n) is 2.43. The lowest BCUT2D eigenvalue weighted by molar-refractivity contribution is 0.0666. The van der Waals surface area contributed by atoms with E-state index in [1.165, 1.54) is 16.5 Å². The minimum absolute atomic E-state index is 0.614. The van der Waals surface area contributed by atoms with E-state index in [4.69, 9.17) is 0 Å². The van der Waals surface area contributed by atoms with Gasteiger partial charge in [-0.2, -0.15) is 0 Å². The Balaban J connectivity index is 2.16. The number of nitrogens with zero attached hydrogens (tertiary/aromatic N) is 1. The maximum Gasteiger partial charge on any atom is 0.0608 e. The van der Waals surface area contributed by atoms with Crippen LogP contribution in [0.4, 0.5) is 0 Å². The molecule has 3 heteroatoms. The molecule has 0 atom stereocenters. The standard InChI is InChI=1S/C17H26N2O/c1-4-10-18-13-14-6-5-7-16-15(14)8-11-19(16)12-9-17(2,3)20/h5-8,11,18,20H,4,9-10,12-13H2,1-3H3. The molecule has 0 aliphatic carbocycles. The van der Waals surface area contributed by atoms with E-state index >= 15 is 0 Å². The van der Waals surface area contributed by atoms with Gasteiger partial charge >= 0.3 is 0 Å². The predicted octanol–water partition coefficient (Wildman–Crippen LogP) is 3.30. The molecule has 2 rings (SSSR count). The SMILES string of the molecule is CCCNCc1cccc2c1ccn2CCC(C)(C)O. The van der Waals surface area contributed by atoms with Crippen LogP contribution in [0.3, 0.4) is 0 Å². The first-order valence-corrected chi connectivity index (χ1v) is 7.51. The first-order valence-electron chi connectivity index (χ1n) is 7.51. The molecule has 0 spiro atoms. The van der Waals surface area contributed by atoms with Crippen LogP contribution >= 0.6 is 0 Å². The topological polar surface area (TPSA) is 37.2 Å². The third-order valence-corrected chi connectivity index (χ3v) is 3.61. The Kier molecular flexibility index (Phi) is 4.84. The number of hydrogen-bond donors (Lipinski definition) is 2. The van der Waals surface area contributed by atoms with E-state index in [2.05, 4.69) is 47.3 Å². The Morgan fingerprint density at radius 2 is 2.05 bits per heavy atom. The van der Waals surface area contributed by atoms with Crippen molar-refractivity contribution in [1.29, 1.82) is 0 Å². The Hall–Kier alpha value is -1.32. The van der Waals surface area contributed by atoms with Crippen LogP contribution in [-0.4, -0.2) is 21.8 Å². The van der Waals surface area contributed by atoms with Gasteiger partial charge in [0.05, 0.1) is 5.60 Å². The van der Waals surface area contributed by atoms with Crippen molar-refractivity contribution in [1.82, 2.24) is 9.88 Å². The molecule has 1 heterocycles. The first kappa shape index (κ1) is 15.1. The van der Waals surface area contributed by atoms with Crippen LogP contribution in [0, 0.1) is 0 Å². The molecule has 0 fully saturated rings. The summed E-state index contributed by atoms with van der Waals surface area (Å²) in [6.07, 6.45) is 4.04. The van der Waals surface area contributed by atoms with Crippen molar-refractivity contribution < 1.29 is 5.11 Å². The van der Waals surface area contributed by atoms with E-state index in [9.17, 15) is 5.11 Å². The molecule has 0 saturated carbocycles. The van der Waals surface area contributed by atoms with Gasteiger partial charge in [0.25, 0.3) is 0 Å². The highest BCUT2D eigenvalue weighted by Crippen LogP contribution is 2.21. The zero-order chi connectivity index (χ0) is 14.6. The van der Waals surface area contributed by atoms with Crippen LogP contribution in [0.1, 0.15) is 39.2 Å². The second-order valence-corrected chi connectivity index (χ2v) is 6.10. The third kappa shape index (κ3) is 3.84. The Morgan fingerprint density at radius 1 is 1.25 bits per heavy atom. The predicted molar refractivity (Wildman–Crippen MR) is 84.9 cm³/mol. The number of fused-ring (bicyclic) bond motifs is 1. The van der Waals surface area contributed by atoms with Gasteiger partial charge in [0.1, 0.15) is 0 Å². The molecule has 110 valence electrons. The number of aromatic nitrogens is 1. The zero-order valence-electron chi connectivity index (χ0n) is 12.8. The summed E-state index contributed by atoms with van der Waals surface area (Å²) in [6, 6.07) is 8.64. The maximum absolute atomic E-state index is 9.86. The molecule has 0 amide bonds. The molecule has 0 saturated heterocycles. The van der Waals surface area contributed by atoms with E-state index < -0.39 is 5.60 Å². The summed E-state index contributed by atoms with van der Waals surface area (Å²) in [5, 5.41) is 14.6. The molecule has 0 aliphatic rings. The van der Waals surface area contributed by atoms with Crippen LogP contribution in [-0.2, 0) is 13.1 Å². The van der Waals surface area contributed by atoms with E-state index in [1.807, 2.05) is 13.8 Å². The maximum atomic E-state index is 9.86. The Morgan fingerprint density at radius 3 is 2.75 bits per heavy atom. The third-order valence-electron chi connectivity index (χ3n) is 3.61. The summed E-state index contributed by atoms with van der Waals surface area (Å²) in [6.45, 7) is 8.72. The van der Waals surface area contributed by atoms with Gasteiger partial charge in [-0.05, 0) is 50.9 Å². The molecule has 20 heavy (non-hydrogen) atoms. The summed E-state index contributed by atoms with van der Waals surface area (Å²) in [4.78, 5) is 0. The molecule has 1 aromatic heterocycles. The lowest BCUT2D eigenvalue weighted by atomic mass is 10.1. The zero-order valence-corrected chi connectivity index (χ0v) is 12.8. The fourth-order valence-corrected chi connectivity index (χ4v) is 2.43.